The molecule has 0 aliphatic carbocycles. The number of piperidine rings is 1. The Morgan fingerprint density at radius 2 is 1.55 bits per heavy atom. The van der Waals surface area contributed by atoms with Gasteiger partial charge in [-0.05, 0) is 78.9 Å². The van der Waals surface area contributed by atoms with Gasteiger partial charge in [0.1, 0.15) is 17.2 Å². The van der Waals surface area contributed by atoms with Gasteiger partial charge in [0.05, 0.1) is 12.1 Å². The molecule has 1 saturated heterocycles. The maximum atomic E-state index is 9.74. The second-order valence-electron chi connectivity index (χ2n) is 8.61. The van der Waals surface area contributed by atoms with Gasteiger partial charge in [0, 0.05) is 23.2 Å². The molecule has 2 heterocycles. The van der Waals surface area contributed by atoms with E-state index in [0.29, 0.717) is 12.6 Å². The highest BCUT2D eigenvalue weighted by Gasteiger charge is 2.16. The number of nitrogens with zero attached hydrogens (tertiary/aromatic N) is 1. The van der Waals surface area contributed by atoms with Gasteiger partial charge >= 0.3 is 0 Å². The van der Waals surface area contributed by atoms with Gasteiger partial charge in [-0.3, -0.25) is 4.98 Å². The number of ether oxygens (including phenoxy) is 1. The lowest BCUT2D eigenvalue weighted by atomic mass is 9.99. The van der Waals surface area contributed by atoms with Crippen LogP contribution in [-0.4, -0.2) is 34.4 Å². The first kappa shape index (κ1) is 21.3. The predicted molar refractivity (Wildman–Crippen MR) is 132 cm³/mol. The standard InChI is InChI=1S/C28H28N2O3/c31-23-9-4-19(5-10-23)21-8-13-27-25(17-21)28(33-16-14-22-3-1-2-15-29-22)26(18-30-27)20-6-11-24(32)12-7-20/h4-13,17-18,22,29,31-32H,1-3,14-16H2/t22-/m1/s1. The molecule has 1 aromatic heterocycles. The van der Waals surface area contributed by atoms with Crippen molar-refractivity contribution < 1.29 is 14.9 Å². The summed E-state index contributed by atoms with van der Waals surface area (Å²) in [5.41, 5.74) is 4.77. The van der Waals surface area contributed by atoms with Crippen LogP contribution in [0.4, 0.5) is 0 Å². The Balaban J connectivity index is 1.54. The highest BCUT2D eigenvalue weighted by molar-refractivity contribution is 5.95. The van der Waals surface area contributed by atoms with Gasteiger partial charge in [-0.25, -0.2) is 0 Å². The van der Waals surface area contributed by atoms with Crippen molar-refractivity contribution in [3.63, 3.8) is 0 Å². The number of aromatic hydroxyl groups is 2. The summed E-state index contributed by atoms with van der Waals surface area (Å²) in [4.78, 5) is 4.69. The van der Waals surface area contributed by atoms with Crippen molar-refractivity contribution in [3.8, 4) is 39.5 Å². The van der Waals surface area contributed by atoms with Crippen LogP contribution in [0.3, 0.4) is 0 Å². The monoisotopic (exact) mass is 440 g/mol. The van der Waals surface area contributed by atoms with E-state index in [9.17, 15) is 10.2 Å². The summed E-state index contributed by atoms with van der Waals surface area (Å²) < 4.78 is 6.47. The molecule has 0 unspecified atom stereocenters. The summed E-state index contributed by atoms with van der Waals surface area (Å²) in [5.74, 6) is 1.28. The zero-order valence-electron chi connectivity index (χ0n) is 18.5. The Morgan fingerprint density at radius 3 is 2.24 bits per heavy atom. The molecule has 1 aliphatic rings. The third-order valence-electron chi connectivity index (χ3n) is 6.32. The number of benzene rings is 3. The highest BCUT2D eigenvalue weighted by Crippen LogP contribution is 2.38. The van der Waals surface area contributed by atoms with E-state index in [1.807, 2.05) is 42.6 Å². The Bertz CT molecular complexity index is 1230. The minimum Gasteiger partial charge on any atom is -0.508 e. The molecule has 0 saturated carbocycles. The molecular weight excluding hydrogens is 412 g/mol. The molecule has 5 rings (SSSR count). The Kier molecular flexibility index (Phi) is 6.13. The molecule has 33 heavy (non-hydrogen) atoms. The van der Waals surface area contributed by atoms with Crippen LogP contribution in [0.25, 0.3) is 33.2 Å². The van der Waals surface area contributed by atoms with Crippen LogP contribution >= 0.6 is 0 Å². The number of nitrogens with one attached hydrogen (secondary N) is 1. The summed E-state index contributed by atoms with van der Waals surface area (Å²) >= 11 is 0. The first-order valence-corrected chi connectivity index (χ1v) is 11.5. The number of rotatable bonds is 6. The lowest BCUT2D eigenvalue weighted by molar-refractivity contribution is 0.271. The second kappa shape index (κ2) is 9.51. The summed E-state index contributed by atoms with van der Waals surface area (Å²) in [5, 5.41) is 23.9. The van der Waals surface area contributed by atoms with E-state index in [4.69, 9.17) is 9.72 Å². The van der Waals surface area contributed by atoms with E-state index >= 15 is 0 Å². The third-order valence-corrected chi connectivity index (χ3v) is 6.32. The predicted octanol–water partition coefficient (Wildman–Crippen LogP) is 5.89. The van der Waals surface area contributed by atoms with Gasteiger partial charge in [0.25, 0.3) is 0 Å². The Morgan fingerprint density at radius 1 is 0.848 bits per heavy atom. The van der Waals surface area contributed by atoms with Crippen LogP contribution in [0.15, 0.2) is 72.9 Å². The number of fused-ring (bicyclic) bond motifs is 1. The summed E-state index contributed by atoms with van der Waals surface area (Å²) in [6, 6.07) is 21.0. The maximum absolute atomic E-state index is 9.74. The van der Waals surface area contributed by atoms with E-state index in [-0.39, 0.29) is 11.5 Å². The van der Waals surface area contributed by atoms with Crippen molar-refractivity contribution in [3.05, 3.63) is 72.9 Å². The van der Waals surface area contributed by atoms with Crippen LogP contribution in [-0.2, 0) is 0 Å². The molecule has 1 fully saturated rings. The molecule has 5 heteroatoms. The average Bonchev–Trinajstić information content (AvgIpc) is 2.85. The van der Waals surface area contributed by atoms with E-state index in [0.717, 1.165) is 51.9 Å². The molecule has 0 spiro atoms. The maximum Gasteiger partial charge on any atom is 0.138 e. The lowest BCUT2D eigenvalue weighted by Gasteiger charge is -2.24. The highest BCUT2D eigenvalue weighted by atomic mass is 16.5. The minimum absolute atomic E-state index is 0.230. The van der Waals surface area contributed by atoms with Crippen LogP contribution in [0.5, 0.6) is 17.2 Å². The number of phenolic OH excluding ortho intramolecular Hbond substituents is 2. The van der Waals surface area contributed by atoms with Crippen molar-refractivity contribution in [2.45, 2.75) is 31.7 Å². The van der Waals surface area contributed by atoms with Crippen molar-refractivity contribution in [1.82, 2.24) is 10.3 Å². The van der Waals surface area contributed by atoms with Crippen LogP contribution in [0.2, 0.25) is 0 Å². The van der Waals surface area contributed by atoms with Crippen molar-refractivity contribution in [2.24, 2.45) is 0 Å². The van der Waals surface area contributed by atoms with Gasteiger partial charge in [-0.2, -0.15) is 0 Å². The smallest absolute Gasteiger partial charge is 0.138 e. The van der Waals surface area contributed by atoms with E-state index < -0.39 is 0 Å². The molecule has 3 N–H and O–H groups in total. The van der Waals surface area contributed by atoms with Gasteiger partial charge in [-0.15, -0.1) is 0 Å². The molecule has 1 atom stereocenters. The minimum atomic E-state index is 0.230. The lowest BCUT2D eigenvalue weighted by Crippen LogP contribution is -2.35. The molecule has 0 bridgehead atoms. The molecule has 5 nitrogen and oxygen atoms in total. The van der Waals surface area contributed by atoms with Crippen LogP contribution in [0, 0.1) is 0 Å². The number of phenols is 2. The van der Waals surface area contributed by atoms with E-state index in [2.05, 4.69) is 11.4 Å². The van der Waals surface area contributed by atoms with Gasteiger partial charge in [0.15, 0.2) is 0 Å². The van der Waals surface area contributed by atoms with E-state index in [1.165, 1.54) is 19.3 Å². The van der Waals surface area contributed by atoms with Gasteiger partial charge in [0.2, 0.25) is 0 Å². The van der Waals surface area contributed by atoms with Crippen molar-refractivity contribution in [1.29, 1.82) is 0 Å². The Labute approximate surface area is 193 Å². The summed E-state index contributed by atoms with van der Waals surface area (Å²) in [7, 11) is 0. The summed E-state index contributed by atoms with van der Waals surface area (Å²) in [6.07, 6.45) is 6.51. The van der Waals surface area contributed by atoms with Gasteiger partial charge in [-0.1, -0.05) is 36.8 Å². The van der Waals surface area contributed by atoms with Gasteiger partial charge < -0.3 is 20.3 Å². The number of hydrogen-bond donors (Lipinski definition) is 3. The molecule has 4 aromatic rings. The normalized spacial score (nSPS) is 16.1. The fourth-order valence-corrected chi connectivity index (χ4v) is 4.48. The Hall–Kier alpha value is -3.57. The zero-order chi connectivity index (χ0) is 22.6. The topological polar surface area (TPSA) is 74.6 Å². The molecule has 0 amide bonds. The molecular formula is C28H28N2O3. The number of hydrogen-bond acceptors (Lipinski definition) is 5. The largest absolute Gasteiger partial charge is 0.508 e. The van der Waals surface area contributed by atoms with Crippen LogP contribution in [0.1, 0.15) is 25.7 Å². The molecule has 168 valence electrons. The van der Waals surface area contributed by atoms with Crippen molar-refractivity contribution in [2.75, 3.05) is 13.2 Å². The van der Waals surface area contributed by atoms with Crippen molar-refractivity contribution >= 4 is 10.9 Å². The summed E-state index contributed by atoms with van der Waals surface area (Å²) in [6.45, 7) is 1.70. The molecule has 0 radical (unpaired) electrons. The van der Waals surface area contributed by atoms with E-state index in [1.54, 1.807) is 24.3 Å². The second-order valence-corrected chi connectivity index (χ2v) is 8.61. The SMILES string of the molecule is Oc1ccc(-c2ccc3ncc(-c4ccc(O)cc4)c(OCC[C@H]4CCCCN4)c3c2)cc1. The first-order chi connectivity index (χ1) is 16.2. The quantitative estimate of drug-likeness (QED) is 0.349. The number of aromatic nitrogens is 1. The third kappa shape index (κ3) is 4.78. The van der Waals surface area contributed by atoms with Crippen LogP contribution < -0.4 is 10.1 Å². The number of pyridine rings is 1. The fraction of sp³-hybridized carbons (Fsp3) is 0.250. The zero-order valence-corrected chi connectivity index (χ0v) is 18.5. The molecule has 1 aliphatic heterocycles. The fourth-order valence-electron chi connectivity index (χ4n) is 4.48. The average molecular weight is 441 g/mol. The molecule has 3 aromatic carbocycles. The first-order valence-electron chi connectivity index (χ1n) is 11.5.